The van der Waals surface area contributed by atoms with Crippen LogP contribution in [0.15, 0.2) is 0 Å². The zero-order valence-corrected chi connectivity index (χ0v) is 7.69. The van der Waals surface area contributed by atoms with Crippen LogP contribution in [-0.2, 0) is 0 Å². The van der Waals surface area contributed by atoms with Crippen molar-refractivity contribution in [2.45, 2.75) is 33.1 Å². The molecule has 1 aliphatic rings. The largest absolute Gasteiger partial charge is 0.127 e. The maximum absolute atomic E-state index is 5.66. The second-order valence-corrected chi connectivity index (χ2v) is 4.17. The molecule has 0 aromatic rings. The fourth-order valence-electron chi connectivity index (χ4n) is 1.84. The lowest BCUT2D eigenvalue weighted by molar-refractivity contribution is 0.144. The fraction of sp³-hybridized carbons (Fsp3) is 1.00. The van der Waals surface area contributed by atoms with Crippen LogP contribution < -0.4 is 0 Å². The summed E-state index contributed by atoms with van der Waals surface area (Å²) in [6, 6.07) is 0. The average Bonchev–Trinajstić information content (AvgIpc) is 1.82. The molecule has 1 heteroatoms. The van der Waals surface area contributed by atoms with E-state index in [1.807, 2.05) is 0 Å². The van der Waals surface area contributed by atoms with Gasteiger partial charge in [0.05, 0.1) is 0 Å². The Morgan fingerprint density at radius 1 is 1.50 bits per heavy atom. The second kappa shape index (κ2) is 3.61. The van der Waals surface area contributed by atoms with E-state index >= 15 is 0 Å². The zero-order valence-electron chi connectivity index (χ0n) is 6.94. The first-order valence-electron chi connectivity index (χ1n) is 4.30. The molecule has 0 aromatic carbocycles. The van der Waals surface area contributed by atoms with Crippen LogP contribution in [0.5, 0.6) is 0 Å². The van der Waals surface area contributed by atoms with E-state index in [2.05, 4.69) is 13.8 Å². The Hall–Kier alpha value is 0.290. The molecule has 0 aliphatic heterocycles. The molecule has 1 unspecified atom stereocenters. The quantitative estimate of drug-likeness (QED) is 0.556. The molecular weight excluding hydrogens is 144 g/mol. The van der Waals surface area contributed by atoms with Crippen molar-refractivity contribution in [1.29, 1.82) is 0 Å². The molecule has 0 N–H and O–H groups in total. The Morgan fingerprint density at radius 3 is 2.50 bits per heavy atom. The standard InChI is InChI=1S/C9H17Cl/c1-7-5-9(6-7)8(2)3-4-10/h7-9H,3-6H2,1-2H3. The molecule has 0 saturated heterocycles. The number of hydrogen-bond donors (Lipinski definition) is 0. The SMILES string of the molecule is CC1CC(C(C)CCCl)C1. The maximum atomic E-state index is 5.66. The molecule has 10 heavy (non-hydrogen) atoms. The van der Waals surface area contributed by atoms with Gasteiger partial charge in [-0.2, -0.15) is 0 Å². The van der Waals surface area contributed by atoms with Gasteiger partial charge in [0.15, 0.2) is 0 Å². The highest BCUT2D eigenvalue weighted by Crippen LogP contribution is 2.39. The van der Waals surface area contributed by atoms with Gasteiger partial charge >= 0.3 is 0 Å². The van der Waals surface area contributed by atoms with E-state index < -0.39 is 0 Å². The zero-order chi connectivity index (χ0) is 7.56. The number of rotatable bonds is 3. The lowest BCUT2D eigenvalue weighted by atomic mass is 9.69. The topological polar surface area (TPSA) is 0 Å². The second-order valence-electron chi connectivity index (χ2n) is 3.79. The molecule has 0 radical (unpaired) electrons. The molecule has 0 aromatic heterocycles. The third-order valence-corrected chi connectivity index (χ3v) is 3.00. The summed E-state index contributed by atoms with van der Waals surface area (Å²) in [5.41, 5.74) is 0. The molecular formula is C9H17Cl. The molecule has 0 spiro atoms. The predicted molar refractivity (Wildman–Crippen MR) is 46.4 cm³/mol. The van der Waals surface area contributed by atoms with Crippen LogP contribution in [0.2, 0.25) is 0 Å². The van der Waals surface area contributed by atoms with Gasteiger partial charge < -0.3 is 0 Å². The van der Waals surface area contributed by atoms with Crippen molar-refractivity contribution < 1.29 is 0 Å². The van der Waals surface area contributed by atoms with E-state index in [0.717, 1.165) is 23.6 Å². The van der Waals surface area contributed by atoms with Gasteiger partial charge in [-0.05, 0) is 37.0 Å². The Labute approximate surface area is 69.0 Å². The molecule has 0 bridgehead atoms. The first-order valence-corrected chi connectivity index (χ1v) is 4.83. The summed E-state index contributed by atoms with van der Waals surface area (Å²) in [6.45, 7) is 4.67. The van der Waals surface area contributed by atoms with Gasteiger partial charge in [0.1, 0.15) is 0 Å². The molecule has 0 amide bonds. The summed E-state index contributed by atoms with van der Waals surface area (Å²) in [6.07, 6.45) is 4.09. The van der Waals surface area contributed by atoms with Crippen LogP contribution in [-0.4, -0.2) is 5.88 Å². The minimum Gasteiger partial charge on any atom is -0.127 e. The minimum atomic E-state index is 0.839. The van der Waals surface area contributed by atoms with Crippen molar-refractivity contribution in [2.24, 2.45) is 17.8 Å². The fourth-order valence-corrected chi connectivity index (χ4v) is 2.18. The maximum Gasteiger partial charge on any atom is 0.0226 e. The van der Waals surface area contributed by atoms with Crippen LogP contribution in [0.4, 0.5) is 0 Å². The Bertz CT molecular complexity index is 92.1. The Morgan fingerprint density at radius 2 is 2.10 bits per heavy atom. The summed E-state index contributed by atoms with van der Waals surface area (Å²) in [7, 11) is 0. The number of alkyl halides is 1. The van der Waals surface area contributed by atoms with Gasteiger partial charge in [-0.1, -0.05) is 13.8 Å². The Kier molecular flexibility index (Phi) is 3.03. The van der Waals surface area contributed by atoms with E-state index in [0.29, 0.717) is 0 Å². The monoisotopic (exact) mass is 160 g/mol. The number of halogens is 1. The van der Waals surface area contributed by atoms with Gasteiger partial charge in [0, 0.05) is 5.88 Å². The van der Waals surface area contributed by atoms with Crippen LogP contribution in [0.1, 0.15) is 33.1 Å². The smallest absolute Gasteiger partial charge is 0.0226 e. The summed E-state index contributed by atoms with van der Waals surface area (Å²) >= 11 is 5.66. The summed E-state index contributed by atoms with van der Waals surface area (Å²) in [5, 5.41) is 0. The van der Waals surface area contributed by atoms with E-state index in [9.17, 15) is 0 Å². The molecule has 60 valence electrons. The molecule has 1 saturated carbocycles. The van der Waals surface area contributed by atoms with Gasteiger partial charge in [0.2, 0.25) is 0 Å². The van der Waals surface area contributed by atoms with Crippen LogP contribution >= 0.6 is 11.6 Å². The van der Waals surface area contributed by atoms with Crippen LogP contribution in [0.3, 0.4) is 0 Å². The van der Waals surface area contributed by atoms with Gasteiger partial charge in [0.25, 0.3) is 0 Å². The third-order valence-electron chi connectivity index (χ3n) is 2.78. The van der Waals surface area contributed by atoms with Crippen molar-refractivity contribution in [3.05, 3.63) is 0 Å². The van der Waals surface area contributed by atoms with Gasteiger partial charge in [-0.3, -0.25) is 0 Å². The molecule has 1 fully saturated rings. The first-order chi connectivity index (χ1) is 4.74. The van der Waals surface area contributed by atoms with Gasteiger partial charge in [-0.25, -0.2) is 0 Å². The molecule has 1 atom stereocenters. The van der Waals surface area contributed by atoms with Crippen molar-refractivity contribution in [3.63, 3.8) is 0 Å². The highest BCUT2D eigenvalue weighted by molar-refractivity contribution is 6.17. The lowest BCUT2D eigenvalue weighted by Crippen LogP contribution is -2.27. The summed E-state index contributed by atoms with van der Waals surface area (Å²) in [4.78, 5) is 0. The van der Waals surface area contributed by atoms with E-state index in [4.69, 9.17) is 11.6 Å². The predicted octanol–water partition coefficient (Wildman–Crippen LogP) is 3.30. The highest BCUT2D eigenvalue weighted by atomic mass is 35.5. The Balaban J connectivity index is 2.11. The average molecular weight is 161 g/mol. The third kappa shape index (κ3) is 1.88. The van der Waals surface area contributed by atoms with Gasteiger partial charge in [-0.15, -0.1) is 11.6 Å². The van der Waals surface area contributed by atoms with Crippen LogP contribution in [0.25, 0.3) is 0 Å². The van der Waals surface area contributed by atoms with Crippen LogP contribution in [0, 0.1) is 17.8 Å². The summed E-state index contributed by atoms with van der Waals surface area (Å²) in [5.74, 6) is 3.69. The van der Waals surface area contributed by atoms with Crippen molar-refractivity contribution in [2.75, 3.05) is 5.88 Å². The van der Waals surface area contributed by atoms with E-state index in [1.165, 1.54) is 19.3 Å². The normalized spacial score (nSPS) is 35.1. The highest BCUT2D eigenvalue weighted by Gasteiger charge is 2.29. The van der Waals surface area contributed by atoms with Crippen molar-refractivity contribution in [1.82, 2.24) is 0 Å². The molecule has 0 nitrogen and oxygen atoms in total. The van der Waals surface area contributed by atoms with E-state index in [1.54, 1.807) is 0 Å². The minimum absolute atomic E-state index is 0.839. The van der Waals surface area contributed by atoms with Crippen molar-refractivity contribution >= 4 is 11.6 Å². The lowest BCUT2D eigenvalue weighted by Gasteiger charge is -2.37. The van der Waals surface area contributed by atoms with E-state index in [-0.39, 0.29) is 0 Å². The molecule has 0 heterocycles. The van der Waals surface area contributed by atoms with Crippen molar-refractivity contribution in [3.8, 4) is 0 Å². The molecule has 1 aliphatic carbocycles. The number of hydrogen-bond acceptors (Lipinski definition) is 0. The first kappa shape index (κ1) is 8.39. The summed E-state index contributed by atoms with van der Waals surface area (Å²) < 4.78 is 0. The molecule has 1 rings (SSSR count).